The summed E-state index contributed by atoms with van der Waals surface area (Å²) < 4.78 is 33.6. The Kier molecular flexibility index (Phi) is 38.0. The van der Waals surface area contributed by atoms with Gasteiger partial charge in [0.2, 0.25) is 0 Å². The fraction of sp³-hybridized carbons (Fsp3) is 0.818. The molecule has 2 aliphatic heterocycles. The molecule has 0 aromatic rings. The minimum atomic E-state index is -1.77. The molecule has 0 aromatic carbocycles. The molecule has 0 bridgehead atoms. The average molecular weight is 997 g/mol. The van der Waals surface area contributed by atoms with Gasteiger partial charge < -0.3 is 64.2 Å². The fourth-order valence-corrected chi connectivity index (χ4v) is 8.34. The van der Waals surface area contributed by atoms with Crippen LogP contribution in [0.1, 0.15) is 194 Å². The van der Waals surface area contributed by atoms with Gasteiger partial charge in [-0.3, -0.25) is 9.59 Å². The normalized spacial score (nSPS) is 25.7. The van der Waals surface area contributed by atoms with Gasteiger partial charge in [0.15, 0.2) is 18.7 Å². The van der Waals surface area contributed by atoms with Crippen molar-refractivity contribution in [3.8, 4) is 0 Å². The summed E-state index contributed by atoms with van der Waals surface area (Å²) in [5.41, 5.74) is 0. The third-order valence-corrected chi connectivity index (χ3v) is 12.8. The van der Waals surface area contributed by atoms with Crippen LogP contribution in [-0.4, -0.2) is 142 Å². The molecule has 0 saturated carbocycles. The van der Waals surface area contributed by atoms with E-state index in [2.05, 4.69) is 62.5 Å². The van der Waals surface area contributed by atoms with E-state index in [1.54, 1.807) is 0 Å². The molecule has 2 rings (SSSR count). The van der Waals surface area contributed by atoms with Gasteiger partial charge in [-0.25, -0.2) is 0 Å². The van der Waals surface area contributed by atoms with Crippen molar-refractivity contribution in [3.63, 3.8) is 0 Å². The highest BCUT2D eigenvalue weighted by Gasteiger charge is 2.47. The van der Waals surface area contributed by atoms with Crippen LogP contribution in [0.2, 0.25) is 0 Å². The quantitative estimate of drug-likeness (QED) is 0.0173. The Morgan fingerprint density at radius 2 is 0.900 bits per heavy atom. The zero-order chi connectivity index (χ0) is 51.0. The van der Waals surface area contributed by atoms with Crippen molar-refractivity contribution >= 4 is 11.9 Å². The average Bonchev–Trinajstić information content (AvgIpc) is 3.35. The van der Waals surface area contributed by atoms with Gasteiger partial charge in [0.25, 0.3) is 0 Å². The molecule has 0 aliphatic carbocycles. The molecule has 70 heavy (non-hydrogen) atoms. The molecule has 7 N–H and O–H groups in total. The highest BCUT2D eigenvalue weighted by molar-refractivity contribution is 5.70. The van der Waals surface area contributed by atoms with E-state index < -0.39 is 92.7 Å². The van der Waals surface area contributed by atoms with Crippen LogP contribution in [0.15, 0.2) is 48.6 Å². The lowest BCUT2D eigenvalue weighted by molar-refractivity contribution is -0.332. The Morgan fingerprint density at radius 1 is 0.471 bits per heavy atom. The maximum atomic E-state index is 13.0. The maximum Gasteiger partial charge on any atom is 0.306 e. The number of aliphatic hydroxyl groups excluding tert-OH is 7. The Bertz CT molecular complexity index is 1400. The first-order valence-corrected chi connectivity index (χ1v) is 27.2. The van der Waals surface area contributed by atoms with Gasteiger partial charge in [0.1, 0.15) is 55.4 Å². The van der Waals surface area contributed by atoms with Gasteiger partial charge in [-0.05, 0) is 70.6 Å². The van der Waals surface area contributed by atoms with Gasteiger partial charge in [-0.2, -0.15) is 0 Å². The van der Waals surface area contributed by atoms with Crippen LogP contribution in [0.25, 0.3) is 0 Å². The molecule has 406 valence electrons. The van der Waals surface area contributed by atoms with Gasteiger partial charge >= 0.3 is 11.9 Å². The van der Waals surface area contributed by atoms with E-state index >= 15 is 0 Å². The van der Waals surface area contributed by atoms with E-state index in [0.717, 1.165) is 70.6 Å². The highest BCUT2D eigenvalue weighted by Crippen LogP contribution is 2.26. The van der Waals surface area contributed by atoms with Crippen LogP contribution in [-0.2, 0) is 38.0 Å². The second-order valence-corrected chi connectivity index (χ2v) is 19.0. The molecular weight excluding hydrogens is 901 g/mol. The number of carbonyl (C=O) groups excluding carboxylic acids is 2. The second kappa shape index (κ2) is 41.9. The molecule has 0 aromatic heterocycles. The summed E-state index contributed by atoms with van der Waals surface area (Å²) in [6.45, 7) is 2.46. The minimum Gasteiger partial charge on any atom is -0.462 e. The molecule has 2 saturated heterocycles. The minimum absolute atomic E-state index is 0.144. The maximum absolute atomic E-state index is 13.0. The number of rotatable bonds is 42. The smallest absolute Gasteiger partial charge is 0.306 e. The van der Waals surface area contributed by atoms with Crippen LogP contribution in [0.3, 0.4) is 0 Å². The lowest BCUT2D eigenvalue weighted by atomic mass is 9.98. The zero-order valence-electron chi connectivity index (χ0n) is 43.0. The standard InChI is InChI=1S/C55H96O15/c1-3-5-7-9-11-13-15-17-19-20-21-22-24-25-27-29-31-33-35-37-46(57)65-40-43(68-47(58)38-36-34-32-30-28-26-23-18-16-14-12-10-8-6-4-2)41-66-54-53(64)51(62)49(60)45(70-54)42-67-55-52(63)50(61)48(59)44(39-56)69-55/h6,8,12,14,17-19,23,43-45,48-56,59-64H,3-5,7,9-11,13,15-16,20-22,24-42H2,1-2H3/b8-6+,14-12+,19-17+,23-18+/t43-,44+,45+,48-,49-,50?,51?,52?,53?,54+,55+/m0/s1. The van der Waals surface area contributed by atoms with Crippen molar-refractivity contribution in [2.24, 2.45) is 0 Å². The zero-order valence-corrected chi connectivity index (χ0v) is 43.0. The summed E-state index contributed by atoms with van der Waals surface area (Å²) in [5, 5.41) is 72.2. The summed E-state index contributed by atoms with van der Waals surface area (Å²) in [5.74, 6) is -0.945. The molecule has 2 heterocycles. The van der Waals surface area contributed by atoms with E-state index in [-0.39, 0.29) is 26.1 Å². The molecule has 2 fully saturated rings. The molecule has 0 amide bonds. The van der Waals surface area contributed by atoms with E-state index in [1.165, 1.54) is 83.5 Å². The molecule has 0 spiro atoms. The van der Waals surface area contributed by atoms with Crippen LogP contribution in [0, 0.1) is 0 Å². The van der Waals surface area contributed by atoms with Gasteiger partial charge in [-0.15, -0.1) is 0 Å². The van der Waals surface area contributed by atoms with Gasteiger partial charge in [-0.1, -0.05) is 159 Å². The number of aliphatic hydroxyl groups is 7. The third kappa shape index (κ3) is 29.2. The van der Waals surface area contributed by atoms with E-state index in [4.69, 9.17) is 28.4 Å². The Hall–Kier alpha value is -2.54. The topological polar surface area (TPSA) is 231 Å². The molecule has 15 heteroatoms. The third-order valence-electron chi connectivity index (χ3n) is 12.8. The van der Waals surface area contributed by atoms with Crippen molar-refractivity contribution < 1.29 is 73.8 Å². The van der Waals surface area contributed by atoms with E-state index in [1.807, 2.05) is 0 Å². The molecular formula is C55H96O15. The van der Waals surface area contributed by atoms with Crippen molar-refractivity contribution in [1.82, 2.24) is 0 Å². The summed E-state index contributed by atoms with van der Waals surface area (Å²) in [7, 11) is 0. The van der Waals surface area contributed by atoms with E-state index in [9.17, 15) is 45.3 Å². The van der Waals surface area contributed by atoms with Crippen molar-refractivity contribution in [2.45, 2.75) is 261 Å². The molecule has 11 atom stereocenters. The number of hydrogen-bond acceptors (Lipinski definition) is 15. The predicted octanol–water partition coefficient (Wildman–Crippen LogP) is 8.27. The number of carbonyl (C=O) groups is 2. The molecule has 2 aliphatic rings. The molecule has 0 radical (unpaired) electrons. The fourth-order valence-electron chi connectivity index (χ4n) is 8.34. The first-order valence-electron chi connectivity index (χ1n) is 27.2. The Morgan fingerprint density at radius 3 is 1.43 bits per heavy atom. The van der Waals surface area contributed by atoms with Crippen molar-refractivity contribution in [3.05, 3.63) is 48.6 Å². The Labute approximate surface area is 420 Å². The monoisotopic (exact) mass is 997 g/mol. The van der Waals surface area contributed by atoms with Gasteiger partial charge in [0.05, 0.1) is 19.8 Å². The summed E-state index contributed by atoms with van der Waals surface area (Å²) in [6, 6.07) is 0. The van der Waals surface area contributed by atoms with Crippen LogP contribution < -0.4 is 0 Å². The summed E-state index contributed by atoms with van der Waals surface area (Å²) in [4.78, 5) is 25.8. The summed E-state index contributed by atoms with van der Waals surface area (Å²) >= 11 is 0. The first kappa shape index (κ1) is 63.6. The lowest BCUT2D eigenvalue weighted by Crippen LogP contribution is -2.61. The molecule has 4 unspecified atom stereocenters. The van der Waals surface area contributed by atoms with Crippen LogP contribution >= 0.6 is 0 Å². The SMILES string of the molecule is CC/C=C/C/C=C/C/C=C/CCCCCCCC(=O)O[C@@H](COC(=O)CCCCCCCCCCC/C=C/CCCCCCCC)CO[C@@H]1O[C@H](CO[C@@H]2O[C@H](CO)[C@H](O)C(O)C2O)[C@H](O)C(O)C1O. The number of unbranched alkanes of at least 4 members (excludes halogenated alkanes) is 20. The Balaban J connectivity index is 1.78. The largest absolute Gasteiger partial charge is 0.462 e. The predicted molar refractivity (Wildman–Crippen MR) is 270 cm³/mol. The molecule has 15 nitrogen and oxygen atoms in total. The highest BCUT2D eigenvalue weighted by atomic mass is 16.7. The number of esters is 2. The van der Waals surface area contributed by atoms with Crippen LogP contribution in [0.5, 0.6) is 0 Å². The van der Waals surface area contributed by atoms with Crippen LogP contribution in [0.4, 0.5) is 0 Å². The van der Waals surface area contributed by atoms with Crippen molar-refractivity contribution in [1.29, 1.82) is 0 Å². The van der Waals surface area contributed by atoms with Gasteiger partial charge in [0, 0.05) is 12.8 Å². The number of hydrogen-bond donors (Lipinski definition) is 7. The number of allylic oxidation sites excluding steroid dienone is 8. The number of ether oxygens (including phenoxy) is 6. The summed E-state index contributed by atoms with van der Waals surface area (Å²) in [6.07, 6.45) is 29.9. The first-order chi connectivity index (χ1) is 34.0. The van der Waals surface area contributed by atoms with Crippen molar-refractivity contribution in [2.75, 3.05) is 26.4 Å². The lowest BCUT2D eigenvalue weighted by Gasteiger charge is -2.42. The van der Waals surface area contributed by atoms with E-state index in [0.29, 0.717) is 12.8 Å². The second-order valence-electron chi connectivity index (χ2n) is 19.0.